The Morgan fingerprint density at radius 2 is 2.20 bits per heavy atom. The summed E-state index contributed by atoms with van der Waals surface area (Å²) in [6.45, 7) is 1.98. The van der Waals surface area contributed by atoms with Crippen LogP contribution in [0, 0.1) is 6.92 Å². The quantitative estimate of drug-likeness (QED) is 0.698. The second-order valence-corrected chi connectivity index (χ2v) is 3.98. The first-order chi connectivity index (χ1) is 4.70. The smallest absolute Gasteiger partial charge is 0.0380 e. The van der Waals surface area contributed by atoms with Gasteiger partial charge in [-0.1, -0.05) is 12.1 Å². The molecule has 1 rings (SSSR count). The van der Waals surface area contributed by atoms with Crippen molar-refractivity contribution in [2.45, 2.75) is 11.8 Å². The number of rotatable bonds is 1. The van der Waals surface area contributed by atoms with Crippen LogP contribution in [0.4, 0.5) is 0 Å². The highest BCUT2D eigenvalue weighted by atomic mass is 32.8. The summed E-state index contributed by atoms with van der Waals surface area (Å²) in [4.78, 5) is 0.829. The molecule has 0 aromatic heterocycles. The fourth-order valence-corrected chi connectivity index (χ4v) is 1.52. The predicted octanol–water partition coefficient (Wildman–Crippen LogP) is 1.91. The molecule has 0 saturated carbocycles. The molecule has 0 bridgehead atoms. The molecular formula is C7H8OS2. The first kappa shape index (κ1) is 7.85. The minimum atomic E-state index is -1.01. The van der Waals surface area contributed by atoms with Crippen LogP contribution in [0.2, 0.25) is 0 Å². The van der Waals surface area contributed by atoms with Crippen LogP contribution in [0.15, 0.2) is 29.2 Å². The summed E-state index contributed by atoms with van der Waals surface area (Å²) in [6, 6.07) is 7.61. The van der Waals surface area contributed by atoms with Crippen LogP contribution in [-0.4, -0.2) is 4.55 Å². The summed E-state index contributed by atoms with van der Waals surface area (Å²) >= 11 is 4.69. The first-order valence-corrected chi connectivity index (χ1v) is 4.98. The molecule has 1 unspecified atom stereocenters. The van der Waals surface area contributed by atoms with E-state index in [0.29, 0.717) is 0 Å². The zero-order valence-corrected chi connectivity index (χ0v) is 7.21. The molecule has 54 valence electrons. The Morgan fingerprint density at radius 1 is 1.50 bits per heavy atom. The topological polar surface area (TPSA) is 20.2 Å². The molecule has 1 N–H and O–H groups in total. The summed E-state index contributed by atoms with van der Waals surface area (Å²) in [5, 5.41) is 0. The third kappa shape index (κ3) is 1.87. The fraction of sp³-hybridized carbons (Fsp3) is 0.143. The van der Waals surface area contributed by atoms with Crippen molar-refractivity contribution in [2.24, 2.45) is 0 Å². The Morgan fingerprint density at radius 3 is 2.60 bits per heavy atom. The van der Waals surface area contributed by atoms with Gasteiger partial charge in [0, 0.05) is 14.6 Å². The third-order valence-electron chi connectivity index (χ3n) is 1.19. The minimum Gasteiger partial charge on any atom is -0.323 e. The van der Waals surface area contributed by atoms with Gasteiger partial charge in [0.05, 0.1) is 0 Å². The average Bonchev–Trinajstić information content (AvgIpc) is 1.88. The van der Waals surface area contributed by atoms with Crippen LogP contribution in [0.25, 0.3) is 0 Å². The van der Waals surface area contributed by atoms with E-state index in [2.05, 4.69) is 11.2 Å². The van der Waals surface area contributed by atoms with E-state index >= 15 is 0 Å². The molecule has 3 heteroatoms. The van der Waals surface area contributed by atoms with E-state index in [1.54, 1.807) is 0 Å². The lowest BCUT2D eigenvalue weighted by atomic mass is 10.2. The summed E-state index contributed by atoms with van der Waals surface area (Å²) in [7, 11) is -1.01. The van der Waals surface area contributed by atoms with Crippen LogP contribution in [0.1, 0.15) is 5.56 Å². The Labute approximate surface area is 67.5 Å². The number of hydrogen-bond donors (Lipinski definition) is 1. The molecule has 1 aromatic carbocycles. The van der Waals surface area contributed by atoms with Crippen molar-refractivity contribution >= 4 is 20.9 Å². The molecule has 0 aliphatic carbocycles. The lowest BCUT2D eigenvalue weighted by molar-refractivity contribution is 0.656. The molecule has 0 aliphatic rings. The van der Waals surface area contributed by atoms with E-state index in [1.165, 1.54) is 0 Å². The molecule has 0 radical (unpaired) electrons. The molecule has 0 saturated heterocycles. The molecule has 0 heterocycles. The normalized spacial score (nSPS) is 13.0. The monoisotopic (exact) mass is 172 g/mol. The van der Waals surface area contributed by atoms with Gasteiger partial charge in [0.15, 0.2) is 0 Å². The van der Waals surface area contributed by atoms with Crippen molar-refractivity contribution < 1.29 is 4.55 Å². The van der Waals surface area contributed by atoms with Gasteiger partial charge < -0.3 is 4.55 Å². The zero-order valence-electron chi connectivity index (χ0n) is 5.57. The van der Waals surface area contributed by atoms with Gasteiger partial charge in [0.1, 0.15) is 0 Å². The lowest BCUT2D eigenvalue weighted by Gasteiger charge is -1.97. The Balaban J connectivity index is 3.07. The molecule has 0 amide bonds. The minimum absolute atomic E-state index is 0.829. The standard InChI is InChI=1S/C7H8OS2/c1-6-3-2-4-7(5-6)10(8)9/h2-5H,1H3,(H,8,9). The summed E-state index contributed by atoms with van der Waals surface area (Å²) < 4.78 is 8.99. The van der Waals surface area contributed by atoms with E-state index in [9.17, 15) is 0 Å². The molecular weight excluding hydrogens is 164 g/mol. The van der Waals surface area contributed by atoms with Gasteiger partial charge in [0.25, 0.3) is 0 Å². The zero-order chi connectivity index (χ0) is 7.56. The van der Waals surface area contributed by atoms with Gasteiger partial charge in [-0.05, 0) is 35.8 Å². The Kier molecular flexibility index (Phi) is 2.54. The van der Waals surface area contributed by atoms with Crippen molar-refractivity contribution in [1.29, 1.82) is 0 Å². The third-order valence-corrected chi connectivity index (χ3v) is 2.43. The maximum Gasteiger partial charge on any atom is 0.0380 e. The molecule has 0 fully saturated rings. The van der Waals surface area contributed by atoms with Crippen LogP contribution in [0.3, 0.4) is 0 Å². The molecule has 1 atom stereocenters. The second kappa shape index (κ2) is 3.23. The lowest BCUT2D eigenvalue weighted by Crippen LogP contribution is -1.85. The van der Waals surface area contributed by atoms with Crippen molar-refractivity contribution in [2.75, 3.05) is 0 Å². The number of benzene rings is 1. The fourth-order valence-electron chi connectivity index (χ4n) is 0.724. The molecule has 0 aliphatic heterocycles. The van der Waals surface area contributed by atoms with E-state index in [4.69, 9.17) is 4.55 Å². The highest BCUT2D eigenvalue weighted by Crippen LogP contribution is 2.06. The summed E-state index contributed by atoms with van der Waals surface area (Å²) in [6.07, 6.45) is 0. The van der Waals surface area contributed by atoms with Crippen LogP contribution in [0.5, 0.6) is 0 Å². The summed E-state index contributed by atoms with van der Waals surface area (Å²) in [5.74, 6) is 0. The van der Waals surface area contributed by atoms with Crippen LogP contribution < -0.4 is 0 Å². The van der Waals surface area contributed by atoms with E-state index in [-0.39, 0.29) is 0 Å². The van der Waals surface area contributed by atoms with Gasteiger partial charge in [-0.2, -0.15) is 0 Å². The molecule has 1 aromatic rings. The van der Waals surface area contributed by atoms with Gasteiger partial charge in [-0.15, -0.1) is 0 Å². The van der Waals surface area contributed by atoms with Crippen molar-refractivity contribution in [3.63, 3.8) is 0 Å². The highest BCUT2D eigenvalue weighted by molar-refractivity contribution is 8.25. The molecule has 1 nitrogen and oxygen atoms in total. The number of hydrogen-bond acceptors (Lipinski definition) is 1. The average molecular weight is 172 g/mol. The predicted molar refractivity (Wildman–Crippen MR) is 46.8 cm³/mol. The number of aryl methyl sites for hydroxylation is 1. The largest absolute Gasteiger partial charge is 0.323 e. The van der Waals surface area contributed by atoms with Crippen molar-refractivity contribution in [3.05, 3.63) is 29.8 Å². The van der Waals surface area contributed by atoms with E-state index < -0.39 is 9.74 Å². The molecule has 0 spiro atoms. The SMILES string of the molecule is Cc1cccc(S(O)=S)c1. The van der Waals surface area contributed by atoms with Crippen molar-refractivity contribution in [1.82, 2.24) is 0 Å². The Hall–Kier alpha value is -0.250. The second-order valence-electron chi connectivity index (χ2n) is 2.07. The first-order valence-electron chi connectivity index (χ1n) is 2.87. The van der Waals surface area contributed by atoms with Gasteiger partial charge in [-0.3, -0.25) is 0 Å². The van der Waals surface area contributed by atoms with E-state index in [1.807, 2.05) is 31.2 Å². The Bertz CT molecular complexity index is 258. The highest BCUT2D eigenvalue weighted by Gasteiger charge is 1.92. The summed E-state index contributed by atoms with van der Waals surface area (Å²) in [5.41, 5.74) is 1.13. The van der Waals surface area contributed by atoms with Gasteiger partial charge >= 0.3 is 0 Å². The van der Waals surface area contributed by atoms with Gasteiger partial charge in [-0.25, -0.2) is 0 Å². The maximum atomic E-state index is 8.99. The molecule has 10 heavy (non-hydrogen) atoms. The maximum absolute atomic E-state index is 8.99. The van der Waals surface area contributed by atoms with Crippen LogP contribution in [-0.2, 0) is 20.9 Å². The van der Waals surface area contributed by atoms with Gasteiger partial charge in [0.2, 0.25) is 0 Å². The van der Waals surface area contributed by atoms with E-state index in [0.717, 1.165) is 10.5 Å². The van der Waals surface area contributed by atoms with Crippen molar-refractivity contribution in [3.8, 4) is 0 Å². The van der Waals surface area contributed by atoms with Crippen LogP contribution >= 0.6 is 0 Å².